The standard InChI is InChI=1S/C35H38N2O2/c1-5-7-34(28-13-21-32(38-3)22-14-28)36-30-17-9-26(10-18-30)25-27-11-19-31(20-12-27)37-35(8-6-2)29-15-23-33(39-4)24-16-29/h5-6,9-24,34-37H,1-2,7-8,25H2,3-4H3. The first-order valence-electron chi connectivity index (χ1n) is 13.3. The van der Waals surface area contributed by atoms with Gasteiger partial charge in [-0.3, -0.25) is 0 Å². The average Bonchev–Trinajstić information content (AvgIpc) is 2.99. The zero-order chi connectivity index (χ0) is 27.5. The maximum absolute atomic E-state index is 5.30. The highest BCUT2D eigenvalue weighted by Gasteiger charge is 2.12. The quantitative estimate of drug-likeness (QED) is 0.164. The SMILES string of the molecule is C=CCC(Nc1ccc(Cc2ccc(NC(CC=C)c3ccc(OC)cc3)cc2)cc1)c1ccc(OC)cc1. The van der Waals surface area contributed by atoms with Crippen LogP contribution in [0.25, 0.3) is 0 Å². The van der Waals surface area contributed by atoms with Gasteiger partial charge in [0.15, 0.2) is 0 Å². The molecule has 0 aliphatic heterocycles. The van der Waals surface area contributed by atoms with Crippen LogP contribution in [-0.4, -0.2) is 14.2 Å². The lowest BCUT2D eigenvalue weighted by molar-refractivity contribution is 0.414. The summed E-state index contributed by atoms with van der Waals surface area (Å²) in [5.74, 6) is 1.72. The van der Waals surface area contributed by atoms with Gasteiger partial charge in [-0.15, -0.1) is 13.2 Å². The van der Waals surface area contributed by atoms with E-state index in [1.165, 1.54) is 22.3 Å². The number of nitrogens with one attached hydrogen (secondary N) is 2. The molecule has 0 spiro atoms. The van der Waals surface area contributed by atoms with Gasteiger partial charge in [0.25, 0.3) is 0 Å². The van der Waals surface area contributed by atoms with Crippen molar-refractivity contribution < 1.29 is 9.47 Å². The Bertz CT molecular complexity index is 1210. The smallest absolute Gasteiger partial charge is 0.118 e. The molecule has 200 valence electrons. The van der Waals surface area contributed by atoms with Crippen molar-refractivity contribution >= 4 is 11.4 Å². The monoisotopic (exact) mass is 518 g/mol. The lowest BCUT2D eigenvalue weighted by Crippen LogP contribution is -2.10. The first-order valence-corrected chi connectivity index (χ1v) is 13.3. The van der Waals surface area contributed by atoms with E-state index < -0.39 is 0 Å². The number of methoxy groups -OCH3 is 2. The van der Waals surface area contributed by atoms with Gasteiger partial charge in [-0.1, -0.05) is 60.7 Å². The van der Waals surface area contributed by atoms with E-state index in [0.717, 1.165) is 42.1 Å². The van der Waals surface area contributed by atoms with Crippen molar-refractivity contribution in [1.82, 2.24) is 0 Å². The lowest BCUT2D eigenvalue weighted by Gasteiger charge is -2.20. The van der Waals surface area contributed by atoms with Gasteiger partial charge < -0.3 is 20.1 Å². The van der Waals surface area contributed by atoms with Gasteiger partial charge in [-0.05, 0) is 90.0 Å². The summed E-state index contributed by atoms with van der Waals surface area (Å²) < 4.78 is 10.6. The molecule has 0 aromatic heterocycles. The molecule has 0 saturated heterocycles. The Morgan fingerprint density at radius 1 is 0.564 bits per heavy atom. The number of benzene rings is 4. The summed E-state index contributed by atoms with van der Waals surface area (Å²) in [4.78, 5) is 0. The zero-order valence-corrected chi connectivity index (χ0v) is 22.9. The predicted molar refractivity (Wildman–Crippen MR) is 164 cm³/mol. The molecule has 4 rings (SSSR count). The van der Waals surface area contributed by atoms with Gasteiger partial charge in [-0.25, -0.2) is 0 Å². The van der Waals surface area contributed by atoms with E-state index in [0.29, 0.717) is 0 Å². The third-order valence-corrected chi connectivity index (χ3v) is 6.84. The van der Waals surface area contributed by atoms with E-state index in [4.69, 9.17) is 9.47 Å². The fourth-order valence-corrected chi connectivity index (χ4v) is 4.64. The molecule has 39 heavy (non-hydrogen) atoms. The van der Waals surface area contributed by atoms with Crippen LogP contribution in [0.1, 0.15) is 47.2 Å². The second kappa shape index (κ2) is 13.9. The molecule has 2 atom stereocenters. The highest BCUT2D eigenvalue weighted by Crippen LogP contribution is 2.27. The van der Waals surface area contributed by atoms with Crippen molar-refractivity contribution in [3.05, 3.63) is 145 Å². The molecule has 4 aromatic carbocycles. The van der Waals surface area contributed by atoms with Crippen molar-refractivity contribution in [2.75, 3.05) is 24.9 Å². The Hall–Kier alpha value is -4.44. The zero-order valence-electron chi connectivity index (χ0n) is 22.9. The van der Waals surface area contributed by atoms with E-state index in [9.17, 15) is 0 Å². The molecule has 0 fully saturated rings. The highest BCUT2D eigenvalue weighted by molar-refractivity contribution is 5.50. The molecule has 0 amide bonds. The van der Waals surface area contributed by atoms with Crippen molar-refractivity contribution in [2.45, 2.75) is 31.3 Å². The van der Waals surface area contributed by atoms with E-state index >= 15 is 0 Å². The fraction of sp³-hybridized carbons (Fsp3) is 0.200. The molecule has 4 aromatic rings. The molecule has 0 bridgehead atoms. The summed E-state index contributed by atoms with van der Waals surface area (Å²) in [5.41, 5.74) is 7.13. The topological polar surface area (TPSA) is 42.5 Å². The molecule has 0 aliphatic carbocycles. The number of anilines is 2. The van der Waals surface area contributed by atoms with E-state index in [2.05, 4.69) is 96.6 Å². The molecule has 0 radical (unpaired) electrons. The van der Waals surface area contributed by atoms with Crippen LogP contribution in [0.15, 0.2) is 122 Å². The van der Waals surface area contributed by atoms with Gasteiger partial charge >= 0.3 is 0 Å². The minimum absolute atomic E-state index is 0.155. The largest absolute Gasteiger partial charge is 0.497 e. The fourth-order valence-electron chi connectivity index (χ4n) is 4.64. The van der Waals surface area contributed by atoms with E-state index in [1.54, 1.807) is 14.2 Å². The van der Waals surface area contributed by atoms with Gasteiger partial charge in [0.1, 0.15) is 11.5 Å². The Morgan fingerprint density at radius 2 is 0.923 bits per heavy atom. The number of hydrogen-bond acceptors (Lipinski definition) is 4. The maximum Gasteiger partial charge on any atom is 0.118 e. The first-order chi connectivity index (χ1) is 19.1. The Morgan fingerprint density at radius 3 is 1.23 bits per heavy atom. The molecule has 2 N–H and O–H groups in total. The summed E-state index contributed by atoms with van der Waals surface area (Å²) in [6.07, 6.45) is 6.45. The Balaban J connectivity index is 1.37. The van der Waals surface area contributed by atoms with E-state index in [-0.39, 0.29) is 12.1 Å². The minimum atomic E-state index is 0.155. The predicted octanol–water partition coefficient (Wildman–Crippen LogP) is 8.75. The Labute approximate surface area is 233 Å². The number of rotatable bonds is 14. The highest BCUT2D eigenvalue weighted by atomic mass is 16.5. The van der Waals surface area contributed by atoms with Crippen LogP contribution in [0.5, 0.6) is 11.5 Å². The molecular weight excluding hydrogens is 480 g/mol. The number of hydrogen-bond donors (Lipinski definition) is 2. The van der Waals surface area contributed by atoms with Gasteiger partial charge in [-0.2, -0.15) is 0 Å². The van der Waals surface area contributed by atoms with Crippen molar-refractivity contribution in [1.29, 1.82) is 0 Å². The van der Waals surface area contributed by atoms with E-state index in [1.807, 2.05) is 36.4 Å². The van der Waals surface area contributed by atoms with Crippen molar-refractivity contribution in [2.24, 2.45) is 0 Å². The second-order valence-electron chi connectivity index (χ2n) is 9.56. The maximum atomic E-state index is 5.30. The van der Waals surface area contributed by atoms with Crippen LogP contribution in [0.3, 0.4) is 0 Å². The van der Waals surface area contributed by atoms with Crippen LogP contribution in [-0.2, 0) is 6.42 Å². The average molecular weight is 519 g/mol. The summed E-state index contributed by atoms with van der Waals surface area (Å²) in [5, 5.41) is 7.29. The Kier molecular flexibility index (Phi) is 9.85. The van der Waals surface area contributed by atoms with Gasteiger partial charge in [0.2, 0.25) is 0 Å². The first kappa shape index (κ1) is 27.6. The number of ether oxygens (including phenoxy) is 2. The van der Waals surface area contributed by atoms with Gasteiger partial charge in [0, 0.05) is 11.4 Å². The molecule has 0 heterocycles. The second-order valence-corrected chi connectivity index (χ2v) is 9.56. The lowest BCUT2D eigenvalue weighted by atomic mass is 10.0. The molecule has 2 unspecified atom stereocenters. The van der Waals surface area contributed by atoms with Crippen LogP contribution in [0.2, 0.25) is 0 Å². The summed E-state index contributed by atoms with van der Waals surface area (Å²) in [6.45, 7) is 7.87. The molecule has 0 saturated carbocycles. The third kappa shape index (κ3) is 7.78. The molecule has 4 nitrogen and oxygen atoms in total. The normalized spacial score (nSPS) is 12.2. The van der Waals surface area contributed by atoms with Crippen LogP contribution in [0, 0.1) is 0 Å². The van der Waals surface area contributed by atoms with Crippen LogP contribution >= 0.6 is 0 Å². The minimum Gasteiger partial charge on any atom is -0.497 e. The van der Waals surface area contributed by atoms with Gasteiger partial charge in [0.05, 0.1) is 26.3 Å². The molecular formula is C35H38N2O2. The van der Waals surface area contributed by atoms with Crippen LogP contribution in [0.4, 0.5) is 11.4 Å². The summed E-state index contributed by atoms with van der Waals surface area (Å²) >= 11 is 0. The van der Waals surface area contributed by atoms with Crippen LogP contribution < -0.4 is 20.1 Å². The summed E-state index contributed by atoms with van der Waals surface area (Å²) in [7, 11) is 3.37. The molecule has 4 heteroatoms. The third-order valence-electron chi connectivity index (χ3n) is 6.84. The van der Waals surface area contributed by atoms with Crippen molar-refractivity contribution in [3.63, 3.8) is 0 Å². The summed E-state index contributed by atoms with van der Waals surface area (Å²) in [6, 6.07) is 34.1. The molecule has 0 aliphatic rings. The van der Waals surface area contributed by atoms with Crippen molar-refractivity contribution in [3.8, 4) is 11.5 Å².